The van der Waals surface area contributed by atoms with Gasteiger partial charge in [0, 0.05) is 26.4 Å². The van der Waals surface area contributed by atoms with Crippen LogP contribution >= 0.6 is 0 Å². The van der Waals surface area contributed by atoms with Gasteiger partial charge in [0.1, 0.15) is 11.7 Å². The molecule has 0 radical (unpaired) electrons. The summed E-state index contributed by atoms with van der Waals surface area (Å²) in [5.41, 5.74) is 1.77. The lowest BCUT2D eigenvalue weighted by atomic mass is 10.2. The average Bonchev–Trinajstić information content (AvgIpc) is 3.05. The van der Waals surface area contributed by atoms with Gasteiger partial charge in [-0.3, -0.25) is 14.0 Å². The summed E-state index contributed by atoms with van der Waals surface area (Å²) in [6.07, 6.45) is 0. The molecular formula is C14H20N6O2. The number of carbonyl (C=O) groups excluding carboxylic acids is 1. The molecule has 22 heavy (non-hydrogen) atoms. The van der Waals surface area contributed by atoms with Gasteiger partial charge >= 0.3 is 0 Å². The highest BCUT2D eigenvalue weighted by Crippen LogP contribution is 2.27. The first kappa shape index (κ1) is 14.7. The molecule has 8 nitrogen and oxygen atoms in total. The number of fused-ring (bicyclic) bond motifs is 1. The highest BCUT2D eigenvalue weighted by Gasteiger charge is 2.33. The molecule has 3 rings (SSSR count). The molecule has 1 atom stereocenters. The molecule has 1 amide bonds. The van der Waals surface area contributed by atoms with Crippen LogP contribution in [0.4, 0.5) is 0 Å². The minimum Gasteiger partial charge on any atom is -0.383 e. The number of nitrogens with zero attached hydrogens (tertiary/aromatic N) is 6. The standard InChI is InChI=1S/C14H20N6O2/c1-9-7-11(17-18(9)3)13-16-15-12-8-19(5-6-22-4)14(21)10(2)20(12)13/h7,10H,5-6,8H2,1-4H3/t10-/m0/s1. The molecule has 0 fully saturated rings. The lowest BCUT2D eigenvalue weighted by Crippen LogP contribution is -2.43. The van der Waals surface area contributed by atoms with E-state index in [0.29, 0.717) is 25.5 Å². The first-order valence-electron chi connectivity index (χ1n) is 7.25. The topological polar surface area (TPSA) is 78.1 Å². The van der Waals surface area contributed by atoms with Gasteiger partial charge in [-0.15, -0.1) is 10.2 Å². The molecule has 1 aliphatic rings. The van der Waals surface area contributed by atoms with Crippen molar-refractivity contribution in [3.05, 3.63) is 17.6 Å². The van der Waals surface area contributed by atoms with Gasteiger partial charge in [0.05, 0.1) is 13.2 Å². The summed E-state index contributed by atoms with van der Waals surface area (Å²) < 4.78 is 8.73. The van der Waals surface area contributed by atoms with Crippen LogP contribution in [-0.2, 0) is 23.1 Å². The van der Waals surface area contributed by atoms with E-state index in [9.17, 15) is 4.79 Å². The van der Waals surface area contributed by atoms with Gasteiger partial charge in [0.25, 0.3) is 0 Å². The zero-order valence-electron chi connectivity index (χ0n) is 13.3. The van der Waals surface area contributed by atoms with Crippen molar-refractivity contribution >= 4 is 5.91 Å². The lowest BCUT2D eigenvalue weighted by Gasteiger charge is -2.31. The highest BCUT2D eigenvalue weighted by atomic mass is 16.5. The molecule has 2 aromatic heterocycles. The van der Waals surface area contributed by atoms with Gasteiger partial charge in [0.2, 0.25) is 5.91 Å². The summed E-state index contributed by atoms with van der Waals surface area (Å²) in [7, 11) is 3.51. The Balaban J connectivity index is 1.96. The fourth-order valence-electron chi connectivity index (χ4n) is 2.70. The molecule has 0 N–H and O–H groups in total. The van der Waals surface area contributed by atoms with Crippen LogP contribution in [-0.4, -0.2) is 55.6 Å². The number of aryl methyl sites for hydroxylation is 2. The van der Waals surface area contributed by atoms with Crippen LogP contribution in [0.5, 0.6) is 0 Å². The summed E-state index contributed by atoms with van der Waals surface area (Å²) in [5.74, 6) is 1.48. The average molecular weight is 304 g/mol. The molecular weight excluding hydrogens is 284 g/mol. The molecule has 1 aliphatic heterocycles. The summed E-state index contributed by atoms with van der Waals surface area (Å²) in [6, 6.07) is 1.61. The van der Waals surface area contributed by atoms with E-state index in [4.69, 9.17) is 4.74 Å². The first-order valence-corrected chi connectivity index (χ1v) is 7.25. The molecule has 0 bridgehead atoms. The molecule has 0 spiro atoms. The molecule has 0 aromatic carbocycles. The number of carbonyl (C=O) groups is 1. The minimum absolute atomic E-state index is 0.0539. The van der Waals surface area contributed by atoms with Crippen LogP contribution in [0.2, 0.25) is 0 Å². The van der Waals surface area contributed by atoms with E-state index >= 15 is 0 Å². The number of aromatic nitrogens is 5. The van der Waals surface area contributed by atoms with Crippen LogP contribution in [0.15, 0.2) is 6.07 Å². The van der Waals surface area contributed by atoms with Crippen molar-refractivity contribution in [2.75, 3.05) is 20.3 Å². The SMILES string of the molecule is COCCN1Cc2nnc(-c3cc(C)n(C)n3)n2[C@@H](C)C1=O. The van der Waals surface area contributed by atoms with Crippen LogP contribution in [0.1, 0.15) is 24.5 Å². The van der Waals surface area contributed by atoms with Gasteiger partial charge < -0.3 is 9.64 Å². The Morgan fingerprint density at radius 3 is 2.82 bits per heavy atom. The normalized spacial score (nSPS) is 17.9. The fraction of sp³-hybridized carbons (Fsp3) is 0.571. The van der Waals surface area contributed by atoms with Crippen molar-refractivity contribution in [2.45, 2.75) is 26.4 Å². The second-order valence-electron chi connectivity index (χ2n) is 5.53. The van der Waals surface area contributed by atoms with Crippen molar-refractivity contribution in [2.24, 2.45) is 7.05 Å². The van der Waals surface area contributed by atoms with Gasteiger partial charge in [-0.05, 0) is 19.9 Å². The van der Waals surface area contributed by atoms with Crippen molar-refractivity contribution in [3.63, 3.8) is 0 Å². The van der Waals surface area contributed by atoms with Gasteiger partial charge in [-0.25, -0.2) is 0 Å². The fourth-order valence-corrected chi connectivity index (χ4v) is 2.70. The summed E-state index contributed by atoms with van der Waals surface area (Å²) >= 11 is 0. The number of rotatable bonds is 4. The Morgan fingerprint density at radius 2 is 2.18 bits per heavy atom. The molecule has 8 heteroatoms. The molecule has 3 heterocycles. The Bertz CT molecular complexity index is 685. The minimum atomic E-state index is -0.340. The number of hydrogen-bond acceptors (Lipinski definition) is 5. The molecule has 2 aromatic rings. The zero-order chi connectivity index (χ0) is 15.9. The molecule has 118 valence electrons. The van der Waals surface area contributed by atoms with Crippen LogP contribution in [0.3, 0.4) is 0 Å². The van der Waals surface area contributed by atoms with E-state index in [0.717, 1.165) is 17.2 Å². The zero-order valence-corrected chi connectivity index (χ0v) is 13.3. The van der Waals surface area contributed by atoms with Gasteiger partial charge in [-0.1, -0.05) is 0 Å². The van der Waals surface area contributed by atoms with E-state index in [2.05, 4.69) is 15.3 Å². The maximum absolute atomic E-state index is 12.5. The van der Waals surface area contributed by atoms with Crippen LogP contribution < -0.4 is 0 Å². The van der Waals surface area contributed by atoms with E-state index in [1.807, 2.05) is 31.5 Å². The summed E-state index contributed by atoms with van der Waals surface area (Å²) in [5, 5.41) is 12.9. The Hall–Kier alpha value is -2.22. The summed E-state index contributed by atoms with van der Waals surface area (Å²) in [6.45, 7) is 5.37. The first-order chi connectivity index (χ1) is 10.5. The second-order valence-corrected chi connectivity index (χ2v) is 5.53. The third-order valence-electron chi connectivity index (χ3n) is 4.06. The van der Waals surface area contributed by atoms with E-state index in [1.165, 1.54) is 0 Å². The predicted octanol–water partition coefficient (Wildman–Crippen LogP) is 0.537. The highest BCUT2D eigenvalue weighted by molar-refractivity contribution is 5.81. The largest absolute Gasteiger partial charge is 0.383 e. The molecule has 0 unspecified atom stereocenters. The van der Waals surface area contributed by atoms with E-state index < -0.39 is 0 Å². The monoisotopic (exact) mass is 304 g/mol. The van der Waals surface area contributed by atoms with Gasteiger partial charge in [-0.2, -0.15) is 5.10 Å². The van der Waals surface area contributed by atoms with Crippen molar-refractivity contribution in [1.29, 1.82) is 0 Å². The Labute approximate surface area is 128 Å². The van der Waals surface area contributed by atoms with Crippen LogP contribution in [0, 0.1) is 6.92 Å². The molecule has 0 saturated heterocycles. The number of ether oxygens (including phenoxy) is 1. The predicted molar refractivity (Wildman–Crippen MR) is 79.0 cm³/mol. The third-order valence-corrected chi connectivity index (χ3v) is 4.06. The van der Waals surface area contributed by atoms with Crippen molar-refractivity contribution in [1.82, 2.24) is 29.4 Å². The smallest absolute Gasteiger partial charge is 0.245 e. The Morgan fingerprint density at radius 1 is 1.41 bits per heavy atom. The quantitative estimate of drug-likeness (QED) is 0.823. The number of hydrogen-bond donors (Lipinski definition) is 0. The Kier molecular flexibility index (Phi) is 3.69. The molecule has 0 saturated carbocycles. The lowest BCUT2D eigenvalue weighted by molar-refractivity contribution is -0.137. The van der Waals surface area contributed by atoms with E-state index in [1.54, 1.807) is 16.7 Å². The maximum atomic E-state index is 12.5. The maximum Gasteiger partial charge on any atom is 0.245 e. The van der Waals surface area contributed by atoms with Crippen molar-refractivity contribution in [3.8, 4) is 11.5 Å². The van der Waals surface area contributed by atoms with E-state index in [-0.39, 0.29) is 11.9 Å². The number of amides is 1. The molecule has 0 aliphatic carbocycles. The van der Waals surface area contributed by atoms with Crippen molar-refractivity contribution < 1.29 is 9.53 Å². The number of methoxy groups -OCH3 is 1. The van der Waals surface area contributed by atoms with Gasteiger partial charge in [0.15, 0.2) is 11.6 Å². The second kappa shape index (κ2) is 5.53. The third kappa shape index (κ3) is 2.29. The summed E-state index contributed by atoms with van der Waals surface area (Å²) in [4.78, 5) is 14.3. The van der Waals surface area contributed by atoms with Crippen LogP contribution in [0.25, 0.3) is 11.5 Å².